The van der Waals surface area contributed by atoms with E-state index in [4.69, 9.17) is 0 Å². The van der Waals surface area contributed by atoms with Gasteiger partial charge in [0, 0.05) is 11.1 Å². The number of carbonyl (C=O) groups is 2. The van der Waals surface area contributed by atoms with Gasteiger partial charge in [-0.3, -0.25) is 9.59 Å². The minimum atomic E-state index is -1.05. The highest BCUT2D eigenvalue weighted by molar-refractivity contribution is 6.12. The average Bonchev–Trinajstić information content (AvgIpc) is 2.39. The van der Waals surface area contributed by atoms with Gasteiger partial charge < -0.3 is 5.11 Å². The summed E-state index contributed by atoms with van der Waals surface area (Å²) in [6.45, 7) is 1.64. The number of rotatable bonds is 3. The second-order valence-corrected chi connectivity index (χ2v) is 4.84. The Morgan fingerprint density at radius 3 is 2.50 bits per heavy atom. The lowest BCUT2D eigenvalue weighted by Gasteiger charge is -2.30. The molecule has 0 bridgehead atoms. The number of aliphatic carboxylic acids is 1. The fraction of sp³-hybridized carbons (Fsp3) is 0.333. The Morgan fingerprint density at radius 1 is 1.22 bits per heavy atom. The first kappa shape index (κ1) is 12.6. The van der Waals surface area contributed by atoms with Crippen LogP contribution in [0.5, 0.6) is 0 Å². The van der Waals surface area contributed by atoms with Gasteiger partial charge in [-0.1, -0.05) is 36.4 Å². The topological polar surface area (TPSA) is 54.4 Å². The van der Waals surface area contributed by atoms with Crippen LogP contribution in [-0.2, 0) is 4.79 Å². The summed E-state index contributed by atoms with van der Waals surface area (Å²) in [5.74, 6) is -1.09. The minimum absolute atomic E-state index is 0.166. The molecule has 1 unspecified atom stereocenters. The zero-order chi connectivity index (χ0) is 13.2. The van der Waals surface area contributed by atoms with Crippen molar-refractivity contribution >= 4 is 11.8 Å². The van der Waals surface area contributed by atoms with E-state index in [1.54, 1.807) is 37.3 Å². The van der Waals surface area contributed by atoms with E-state index in [9.17, 15) is 14.7 Å². The second-order valence-electron chi connectivity index (χ2n) is 4.84. The highest BCUT2D eigenvalue weighted by Crippen LogP contribution is 2.39. The first-order chi connectivity index (χ1) is 8.55. The lowest BCUT2D eigenvalue weighted by atomic mass is 9.71. The Morgan fingerprint density at radius 2 is 1.89 bits per heavy atom. The molecule has 1 aromatic carbocycles. The molecule has 0 amide bonds. The van der Waals surface area contributed by atoms with Crippen LogP contribution < -0.4 is 0 Å². The molecule has 3 nitrogen and oxygen atoms in total. The molecule has 1 N–H and O–H groups in total. The van der Waals surface area contributed by atoms with Gasteiger partial charge in [-0.25, -0.2) is 0 Å². The maximum absolute atomic E-state index is 12.4. The molecule has 0 aliphatic heterocycles. The summed E-state index contributed by atoms with van der Waals surface area (Å²) in [6, 6.07) is 8.85. The van der Waals surface area contributed by atoms with E-state index in [0.29, 0.717) is 17.6 Å². The average molecular weight is 244 g/mol. The molecule has 94 valence electrons. The highest BCUT2D eigenvalue weighted by atomic mass is 16.4. The SMILES string of the molecule is CC1(C(=O)O)CCCC=C1C(=O)c1ccccc1. The number of carboxylic acids is 1. The van der Waals surface area contributed by atoms with Crippen molar-refractivity contribution in [1.29, 1.82) is 0 Å². The predicted octanol–water partition coefficient (Wildman–Crippen LogP) is 3.07. The largest absolute Gasteiger partial charge is 0.481 e. The molecule has 1 aliphatic rings. The third-order valence-corrected chi connectivity index (χ3v) is 3.58. The van der Waals surface area contributed by atoms with Gasteiger partial charge in [0.1, 0.15) is 0 Å². The summed E-state index contributed by atoms with van der Waals surface area (Å²) < 4.78 is 0. The molecule has 0 aromatic heterocycles. The van der Waals surface area contributed by atoms with E-state index in [0.717, 1.165) is 12.8 Å². The fourth-order valence-electron chi connectivity index (χ4n) is 2.37. The lowest BCUT2D eigenvalue weighted by molar-refractivity contribution is -0.146. The molecule has 2 rings (SSSR count). The van der Waals surface area contributed by atoms with Crippen molar-refractivity contribution in [3.8, 4) is 0 Å². The van der Waals surface area contributed by atoms with E-state index >= 15 is 0 Å². The summed E-state index contributed by atoms with van der Waals surface area (Å²) >= 11 is 0. The van der Waals surface area contributed by atoms with Crippen LogP contribution in [0.25, 0.3) is 0 Å². The van der Waals surface area contributed by atoms with Crippen molar-refractivity contribution in [2.24, 2.45) is 5.41 Å². The summed E-state index contributed by atoms with van der Waals surface area (Å²) in [6.07, 6.45) is 3.89. The first-order valence-corrected chi connectivity index (χ1v) is 6.09. The molecule has 1 atom stereocenters. The zero-order valence-electron chi connectivity index (χ0n) is 10.3. The van der Waals surface area contributed by atoms with Crippen molar-refractivity contribution in [2.75, 3.05) is 0 Å². The molecular weight excluding hydrogens is 228 g/mol. The molecule has 0 spiro atoms. The maximum Gasteiger partial charge on any atom is 0.313 e. The Hall–Kier alpha value is -1.90. The smallest absolute Gasteiger partial charge is 0.313 e. The third kappa shape index (κ3) is 2.08. The van der Waals surface area contributed by atoms with Gasteiger partial charge in [0.05, 0.1) is 5.41 Å². The maximum atomic E-state index is 12.4. The van der Waals surface area contributed by atoms with E-state index in [1.807, 2.05) is 6.07 Å². The van der Waals surface area contributed by atoms with Gasteiger partial charge in [0.15, 0.2) is 5.78 Å². The fourth-order valence-corrected chi connectivity index (χ4v) is 2.37. The number of benzene rings is 1. The predicted molar refractivity (Wildman–Crippen MR) is 68.4 cm³/mol. The summed E-state index contributed by atoms with van der Waals surface area (Å²) in [4.78, 5) is 23.8. The third-order valence-electron chi connectivity index (χ3n) is 3.58. The van der Waals surface area contributed by atoms with E-state index in [-0.39, 0.29) is 5.78 Å². The highest BCUT2D eigenvalue weighted by Gasteiger charge is 2.41. The summed E-state index contributed by atoms with van der Waals surface area (Å²) in [5.41, 5.74) is -0.0730. The van der Waals surface area contributed by atoms with Crippen LogP contribution in [0.3, 0.4) is 0 Å². The van der Waals surface area contributed by atoms with Gasteiger partial charge in [0.25, 0.3) is 0 Å². The van der Waals surface area contributed by atoms with Crippen molar-refractivity contribution in [2.45, 2.75) is 26.2 Å². The number of Topliss-reactive ketones (excluding diaryl/α,β-unsaturated/α-hetero) is 1. The molecule has 18 heavy (non-hydrogen) atoms. The van der Waals surface area contributed by atoms with Crippen LogP contribution in [0.4, 0.5) is 0 Å². The van der Waals surface area contributed by atoms with Gasteiger partial charge >= 0.3 is 5.97 Å². The van der Waals surface area contributed by atoms with E-state index in [2.05, 4.69) is 0 Å². The summed E-state index contributed by atoms with van der Waals surface area (Å²) in [5, 5.41) is 9.37. The van der Waals surface area contributed by atoms with Crippen molar-refractivity contribution in [3.63, 3.8) is 0 Å². The van der Waals surface area contributed by atoms with Crippen LogP contribution >= 0.6 is 0 Å². The van der Waals surface area contributed by atoms with Gasteiger partial charge in [0.2, 0.25) is 0 Å². The molecule has 0 heterocycles. The lowest BCUT2D eigenvalue weighted by Crippen LogP contribution is -2.35. The van der Waals surface area contributed by atoms with Gasteiger partial charge in [-0.15, -0.1) is 0 Å². The normalized spacial score (nSPS) is 23.3. The minimum Gasteiger partial charge on any atom is -0.481 e. The van der Waals surface area contributed by atoms with Crippen LogP contribution in [-0.4, -0.2) is 16.9 Å². The molecule has 0 radical (unpaired) electrons. The quantitative estimate of drug-likeness (QED) is 0.831. The van der Waals surface area contributed by atoms with Crippen molar-refractivity contribution in [1.82, 2.24) is 0 Å². The van der Waals surface area contributed by atoms with E-state index < -0.39 is 11.4 Å². The first-order valence-electron chi connectivity index (χ1n) is 6.09. The number of hydrogen-bond acceptors (Lipinski definition) is 2. The van der Waals surface area contributed by atoms with Crippen LogP contribution in [0.2, 0.25) is 0 Å². The molecular formula is C15H16O3. The van der Waals surface area contributed by atoms with Gasteiger partial charge in [-0.2, -0.15) is 0 Å². The van der Waals surface area contributed by atoms with E-state index in [1.165, 1.54) is 0 Å². The molecule has 0 saturated heterocycles. The summed E-state index contributed by atoms with van der Waals surface area (Å²) in [7, 11) is 0. The van der Waals surface area contributed by atoms with Crippen LogP contribution in [0, 0.1) is 5.41 Å². The molecule has 3 heteroatoms. The number of carboxylic acid groups (broad SMARTS) is 1. The van der Waals surface area contributed by atoms with Crippen LogP contribution in [0.1, 0.15) is 36.5 Å². The Balaban J connectivity index is 2.40. The van der Waals surface area contributed by atoms with Crippen LogP contribution in [0.15, 0.2) is 42.0 Å². The Kier molecular flexibility index (Phi) is 3.32. The molecule has 1 aliphatic carbocycles. The molecule has 0 fully saturated rings. The number of ketones is 1. The van der Waals surface area contributed by atoms with Crippen molar-refractivity contribution in [3.05, 3.63) is 47.5 Å². The standard InChI is InChI=1S/C15H16O3/c1-15(14(17)18)10-6-5-9-12(15)13(16)11-7-3-2-4-8-11/h2-4,7-9H,5-6,10H2,1H3,(H,17,18). The monoisotopic (exact) mass is 244 g/mol. The van der Waals surface area contributed by atoms with Crippen molar-refractivity contribution < 1.29 is 14.7 Å². The Bertz CT molecular complexity index is 502. The molecule has 1 aromatic rings. The number of hydrogen-bond donors (Lipinski definition) is 1. The Labute approximate surface area is 106 Å². The second kappa shape index (κ2) is 4.77. The number of carbonyl (C=O) groups excluding carboxylic acids is 1. The number of allylic oxidation sites excluding steroid dienone is 1. The molecule has 0 saturated carbocycles. The zero-order valence-corrected chi connectivity index (χ0v) is 10.3. The van der Waals surface area contributed by atoms with Gasteiger partial charge in [-0.05, 0) is 26.2 Å².